The second-order valence-corrected chi connectivity index (χ2v) is 7.18. The molecule has 4 heteroatoms. The quantitative estimate of drug-likeness (QED) is 0.899. The van der Waals surface area contributed by atoms with Crippen LogP contribution in [-0.4, -0.2) is 43.7 Å². The maximum absolute atomic E-state index is 6.11. The second-order valence-electron chi connectivity index (χ2n) is 6.27. The van der Waals surface area contributed by atoms with Gasteiger partial charge in [0.25, 0.3) is 0 Å². The Morgan fingerprint density at radius 3 is 2.62 bits per heavy atom. The SMILES string of the molecule is Brc1cccc(OC2CCN(CC3CCNCC3)CC2)c1. The van der Waals surface area contributed by atoms with Crippen LogP contribution in [-0.2, 0) is 0 Å². The first-order chi connectivity index (χ1) is 10.3. The molecule has 2 aliphatic heterocycles. The summed E-state index contributed by atoms with van der Waals surface area (Å²) in [6.45, 7) is 6.05. The number of nitrogens with one attached hydrogen (secondary N) is 1. The fraction of sp³-hybridized carbons (Fsp3) is 0.647. The van der Waals surface area contributed by atoms with Crippen LogP contribution in [0.2, 0.25) is 0 Å². The highest BCUT2D eigenvalue weighted by Crippen LogP contribution is 2.23. The number of likely N-dealkylation sites (tertiary alicyclic amines) is 1. The molecule has 0 aliphatic carbocycles. The van der Waals surface area contributed by atoms with Gasteiger partial charge in [0.2, 0.25) is 0 Å². The van der Waals surface area contributed by atoms with Crippen molar-refractivity contribution in [1.82, 2.24) is 10.2 Å². The number of rotatable bonds is 4. The lowest BCUT2D eigenvalue weighted by atomic mass is 9.96. The fourth-order valence-corrected chi connectivity index (χ4v) is 3.75. The van der Waals surface area contributed by atoms with Gasteiger partial charge in [0.05, 0.1) is 0 Å². The molecule has 0 aromatic heterocycles. The van der Waals surface area contributed by atoms with Crippen LogP contribution in [0.25, 0.3) is 0 Å². The standard InChI is InChI=1S/C17H25BrN2O/c18-15-2-1-3-17(12-15)21-16-6-10-20(11-7-16)13-14-4-8-19-9-5-14/h1-3,12,14,16,19H,4-11,13H2. The molecular weight excluding hydrogens is 328 g/mol. The normalized spacial score (nSPS) is 22.3. The molecule has 0 bridgehead atoms. The molecule has 0 radical (unpaired) electrons. The van der Waals surface area contributed by atoms with Gasteiger partial charge < -0.3 is 15.0 Å². The van der Waals surface area contributed by atoms with E-state index in [-0.39, 0.29) is 0 Å². The first-order valence-corrected chi connectivity index (χ1v) is 8.94. The molecule has 0 spiro atoms. The molecule has 2 aliphatic rings. The first-order valence-electron chi connectivity index (χ1n) is 8.15. The van der Waals surface area contributed by atoms with Crippen LogP contribution in [0.3, 0.4) is 0 Å². The molecule has 0 unspecified atom stereocenters. The van der Waals surface area contributed by atoms with Gasteiger partial charge >= 0.3 is 0 Å². The Morgan fingerprint density at radius 1 is 1.14 bits per heavy atom. The number of benzene rings is 1. The summed E-state index contributed by atoms with van der Waals surface area (Å²) in [7, 11) is 0. The molecule has 2 heterocycles. The molecule has 3 nitrogen and oxygen atoms in total. The zero-order valence-electron chi connectivity index (χ0n) is 12.6. The van der Waals surface area contributed by atoms with Crippen molar-refractivity contribution in [2.24, 2.45) is 5.92 Å². The molecule has 2 saturated heterocycles. The monoisotopic (exact) mass is 352 g/mol. The number of piperidine rings is 2. The topological polar surface area (TPSA) is 24.5 Å². The highest BCUT2D eigenvalue weighted by atomic mass is 79.9. The summed E-state index contributed by atoms with van der Waals surface area (Å²) in [5.74, 6) is 1.88. The third kappa shape index (κ3) is 4.70. The van der Waals surface area contributed by atoms with Crippen LogP contribution >= 0.6 is 15.9 Å². The Hall–Kier alpha value is -0.580. The van der Waals surface area contributed by atoms with Crippen molar-refractivity contribution in [2.45, 2.75) is 31.8 Å². The second kappa shape index (κ2) is 7.61. The Balaban J connectivity index is 1.42. The van der Waals surface area contributed by atoms with Gasteiger partial charge in [-0.05, 0) is 62.9 Å². The van der Waals surface area contributed by atoms with E-state index >= 15 is 0 Å². The molecule has 1 aromatic rings. The summed E-state index contributed by atoms with van der Waals surface area (Å²) >= 11 is 3.50. The first kappa shape index (κ1) is 15.3. The number of nitrogens with zero attached hydrogens (tertiary/aromatic N) is 1. The zero-order chi connectivity index (χ0) is 14.5. The Kier molecular flexibility index (Phi) is 5.55. The zero-order valence-corrected chi connectivity index (χ0v) is 14.1. The predicted octanol–water partition coefficient (Wildman–Crippen LogP) is 3.29. The van der Waals surface area contributed by atoms with Crippen molar-refractivity contribution in [2.75, 3.05) is 32.7 Å². The largest absolute Gasteiger partial charge is 0.490 e. The Bertz CT molecular complexity index is 440. The van der Waals surface area contributed by atoms with Gasteiger partial charge in [-0.25, -0.2) is 0 Å². The smallest absolute Gasteiger partial charge is 0.120 e. The van der Waals surface area contributed by atoms with E-state index in [1.54, 1.807) is 0 Å². The minimum absolute atomic E-state index is 0.378. The molecule has 21 heavy (non-hydrogen) atoms. The summed E-state index contributed by atoms with van der Waals surface area (Å²) < 4.78 is 7.19. The van der Waals surface area contributed by atoms with Gasteiger partial charge in [0.15, 0.2) is 0 Å². The minimum Gasteiger partial charge on any atom is -0.490 e. The lowest BCUT2D eigenvalue weighted by molar-refractivity contribution is 0.0872. The lowest BCUT2D eigenvalue weighted by Gasteiger charge is -2.35. The van der Waals surface area contributed by atoms with Crippen LogP contribution in [0.5, 0.6) is 5.75 Å². The number of hydrogen-bond acceptors (Lipinski definition) is 3. The average Bonchev–Trinajstić information content (AvgIpc) is 2.50. The minimum atomic E-state index is 0.378. The van der Waals surface area contributed by atoms with E-state index < -0.39 is 0 Å². The molecule has 3 rings (SSSR count). The summed E-state index contributed by atoms with van der Waals surface area (Å²) in [5, 5.41) is 3.45. The van der Waals surface area contributed by atoms with Crippen LogP contribution in [0.15, 0.2) is 28.7 Å². The van der Waals surface area contributed by atoms with Crippen LogP contribution in [0, 0.1) is 5.92 Å². The van der Waals surface area contributed by atoms with E-state index in [9.17, 15) is 0 Å². The molecule has 0 saturated carbocycles. The van der Waals surface area contributed by atoms with Crippen molar-refractivity contribution in [3.63, 3.8) is 0 Å². The lowest BCUT2D eigenvalue weighted by Crippen LogP contribution is -2.42. The molecular formula is C17H25BrN2O. The van der Waals surface area contributed by atoms with E-state index in [0.717, 1.165) is 29.0 Å². The molecule has 1 N–H and O–H groups in total. The summed E-state index contributed by atoms with van der Waals surface area (Å²) in [6, 6.07) is 8.17. The highest BCUT2D eigenvalue weighted by Gasteiger charge is 2.23. The average molecular weight is 353 g/mol. The number of hydrogen-bond donors (Lipinski definition) is 1. The van der Waals surface area contributed by atoms with E-state index in [1.807, 2.05) is 18.2 Å². The van der Waals surface area contributed by atoms with Crippen molar-refractivity contribution in [3.05, 3.63) is 28.7 Å². The molecule has 2 fully saturated rings. The third-order valence-electron chi connectivity index (χ3n) is 4.61. The maximum Gasteiger partial charge on any atom is 0.120 e. The van der Waals surface area contributed by atoms with Gasteiger partial charge in [-0.3, -0.25) is 0 Å². The van der Waals surface area contributed by atoms with Gasteiger partial charge in [0.1, 0.15) is 11.9 Å². The third-order valence-corrected chi connectivity index (χ3v) is 5.10. The number of ether oxygens (including phenoxy) is 1. The molecule has 1 aromatic carbocycles. The van der Waals surface area contributed by atoms with Crippen LogP contribution < -0.4 is 10.1 Å². The number of halogens is 1. The predicted molar refractivity (Wildman–Crippen MR) is 89.8 cm³/mol. The molecule has 116 valence electrons. The van der Waals surface area contributed by atoms with Crippen LogP contribution in [0.1, 0.15) is 25.7 Å². The van der Waals surface area contributed by atoms with Gasteiger partial charge in [0, 0.05) is 24.1 Å². The fourth-order valence-electron chi connectivity index (χ4n) is 3.37. The summed E-state index contributed by atoms with van der Waals surface area (Å²) in [5.41, 5.74) is 0. The molecule has 0 amide bonds. The van der Waals surface area contributed by atoms with E-state index in [1.165, 1.54) is 45.6 Å². The van der Waals surface area contributed by atoms with E-state index in [4.69, 9.17) is 4.74 Å². The van der Waals surface area contributed by atoms with E-state index in [0.29, 0.717) is 6.10 Å². The Morgan fingerprint density at radius 2 is 1.90 bits per heavy atom. The van der Waals surface area contributed by atoms with Crippen molar-refractivity contribution < 1.29 is 4.74 Å². The van der Waals surface area contributed by atoms with E-state index in [2.05, 4.69) is 32.2 Å². The highest BCUT2D eigenvalue weighted by molar-refractivity contribution is 9.10. The summed E-state index contributed by atoms with van der Waals surface area (Å²) in [4.78, 5) is 2.64. The van der Waals surface area contributed by atoms with Crippen molar-refractivity contribution in [1.29, 1.82) is 0 Å². The summed E-state index contributed by atoms with van der Waals surface area (Å²) in [6.07, 6.45) is 5.36. The Labute approximate surface area is 136 Å². The van der Waals surface area contributed by atoms with Gasteiger partial charge in [-0.15, -0.1) is 0 Å². The van der Waals surface area contributed by atoms with Crippen LogP contribution in [0.4, 0.5) is 0 Å². The van der Waals surface area contributed by atoms with Crippen molar-refractivity contribution in [3.8, 4) is 5.75 Å². The van der Waals surface area contributed by atoms with Gasteiger partial charge in [-0.2, -0.15) is 0 Å². The van der Waals surface area contributed by atoms with Gasteiger partial charge in [-0.1, -0.05) is 22.0 Å². The maximum atomic E-state index is 6.11. The van der Waals surface area contributed by atoms with Crippen molar-refractivity contribution >= 4 is 15.9 Å². The molecule has 0 atom stereocenters.